The van der Waals surface area contributed by atoms with E-state index in [9.17, 15) is 9.59 Å². The quantitative estimate of drug-likeness (QED) is 0.911. The van der Waals surface area contributed by atoms with E-state index in [0.717, 1.165) is 24.2 Å². The Morgan fingerprint density at radius 2 is 1.88 bits per heavy atom. The Morgan fingerprint density at radius 3 is 2.58 bits per heavy atom. The van der Waals surface area contributed by atoms with Gasteiger partial charge < -0.3 is 16.0 Å². The van der Waals surface area contributed by atoms with Gasteiger partial charge in [0, 0.05) is 24.3 Å². The summed E-state index contributed by atoms with van der Waals surface area (Å²) in [4.78, 5) is 25.5. The molecule has 0 aliphatic carbocycles. The molecule has 1 aliphatic heterocycles. The Kier molecular flexibility index (Phi) is 4.51. The number of primary amides is 1. The van der Waals surface area contributed by atoms with Crippen LogP contribution in [0.15, 0.2) is 48.5 Å². The Labute approximate surface area is 141 Å². The number of nitrogens with two attached hydrogens (primary N) is 1. The van der Waals surface area contributed by atoms with Crippen molar-refractivity contribution in [3.63, 3.8) is 0 Å². The number of amides is 3. The molecule has 2 aromatic rings. The second-order valence-corrected chi connectivity index (χ2v) is 6.27. The van der Waals surface area contributed by atoms with Crippen LogP contribution < -0.4 is 16.0 Å². The molecule has 0 aromatic heterocycles. The number of carbonyl (C=O) groups excluding carboxylic acids is 2. The second kappa shape index (κ2) is 6.74. The first-order valence-corrected chi connectivity index (χ1v) is 8.06. The normalized spacial score (nSPS) is 16.4. The zero-order valence-electron chi connectivity index (χ0n) is 13.7. The molecule has 0 radical (unpaired) electrons. The second-order valence-electron chi connectivity index (χ2n) is 6.27. The molecule has 0 saturated carbocycles. The zero-order chi connectivity index (χ0) is 17.1. The first-order valence-electron chi connectivity index (χ1n) is 8.06. The highest BCUT2D eigenvalue weighted by atomic mass is 16.2. The van der Waals surface area contributed by atoms with Gasteiger partial charge in [-0.1, -0.05) is 37.3 Å². The highest BCUT2D eigenvalue weighted by molar-refractivity contribution is 6.06. The number of rotatable bonds is 3. The van der Waals surface area contributed by atoms with Crippen molar-refractivity contribution in [2.75, 3.05) is 11.4 Å². The maximum atomic E-state index is 12.9. The maximum Gasteiger partial charge on any atom is 0.312 e. The highest BCUT2D eigenvalue weighted by Crippen LogP contribution is 2.30. The predicted molar refractivity (Wildman–Crippen MR) is 93.9 cm³/mol. The van der Waals surface area contributed by atoms with E-state index in [1.807, 2.05) is 35.2 Å². The summed E-state index contributed by atoms with van der Waals surface area (Å²) >= 11 is 0. The molecule has 0 saturated heterocycles. The van der Waals surface area contributed by atoms with Crippen LogP contribution in [0.2, 0.25) is 0 Å². The van der Waals surface area contributed by atoms with Gasteiger partial charge in [-0.05, 0) is 41.7 Å². The number of nitrogens with one attached hydrogen (secondary N) is 1. The van der Waals surface area contributed by atoms with Crippen LogP contribution in [-0.2, 0) is 13.0 Å². The molecule has 0 fully saturated rings. The van der Waals surface area contributed by atoms with E-state index >= 15 is 0 Å². The summed E-state index contributed by atoms with van der Waals surface area (Å²) < 4.78 is 0. The summed E-state index contributed by atoms with van der Waals surface area (Å²) in [5, 5.41) is 2.54. The van der Waals surface area contributed by atoms with E-state index in [-0.39, 0.29) is 5.91 Å². The van der Waals surface area contributed by atoms with E-state index < -0.39 is 6.03 Å². The van der Waals surface area contributed by atoms with Gasteiger partial charge in [0.05, 0.1) is 0 Å². The molecule has 0 spiro atoms. The van der Waals surface area contributed by atoms with Gasteiger partial charge in [0.1, 0.15) is 0 Å². The summed E-state index contributed by atoms with van der Waals surface area (Å²) in [6.45, 7) is 3.24. The average molecular weight is 323 g/mol. The lowest BCUT2D eigenvalue weighted by Crippen LogP contribution is -2.39. The third kappa shape index (κ3) is 3.40. The molecular weight excluding hydrogens is 302 g/mol. The lowest BCUT2D eigenvalue weighted by Gasteiger charge is -2.33. The Morgan fingerprint density at radius 1 is 1.17 bits per heavy atom. The van der Waals surface area contributed by atoms with Crippen LogP contribution in [0.1, 0.15) is 28.4 Å². The summed E-state index contributed by atoms with van der Waals surface area (Å²) in [6, 6.07) is 14.8. The molecule has 24 heavy (non-hydrogen) atoms. The summed E-state index contributed by atoms with van der Waals surface area (Å²) in [5.41, 5.74) is 8.82. The summed E-state index contributed by atoms with van der Waals surface area (Å²) in [7, 11) is 0. The van der Waals surface area contributed by atoms with Crippen LogP contribution >= 0.6 is 0 Å². The third-order valence-corrected chi connectivity index (χ3v) is 4.26. The third-order valence-electron chi connectivity index (χ3n) is 4.26. The van der Waals surface area contributed by atoms with Crippen molar-refractivity contribution in [1.82, 2.24) is 5.32 Å². The molecule has 1 atom stereocenters. The monoisotopic (exact) mass is 323 g/mol. The van der Waals surface area contributed by atoms with Crippen LogP contribution in [0.25, 0.3) is 0 Å². The number of nitrogens with zero attached hydrogens (tertiary/aromatic N) is 1. The van der Waals surface area contributed by atoms with Crippen LogP contribution in [0.5, 0.6) is 0 Å². The van der Waals surface area contributed by atoms with Gasteiger partial charge in [-0.2, -0.15) is 0 Å². The number of anilines is 1. The minimum Gasteiger partial charge on any atom is -0.352 e. The molecule has 5 nitrogen and oxygen atoms in total. The molecule has 3 rings (SSSR count). The number of para-hydroxylation sites is 1. The molecule has 124 valence electrons. The molecule has 3 amide bonds. The van der Waals surface area contributed by atoms with Crippen LogP contribution in [0, 0.1) is 5.92 Å². The standard InChI is InChI=1S/C19H21N3O2/c1-13-10-16-4-2-3-5-17(16)22(12-13)18(23)15-8-6-14(7-9-15)11-21-19(20)24/h2-9,13H,10-12H2,1H3,(H3,20,21,24)/t13-/m0/s1. The van der Waals surface area contributed by atoms with Crippen LogP contribution in [0.4, 0.5) is 10.5 Å². The maximum absolute atomic E-state index is 12.9. The van der Waals surface area contributed by atoms with Gasteiger partial charge in [-0.3, -0.25) is 4.79 Å². The van der Waals surface area contributed by atoms with Crippen molar-refractivity contribution in [3.05, 3.63) is 65.2 Å². The fourth-order valence-corrected chi connectivity index (χ4v) is 3.10. The highest BCUT2D eigenvalue weighted by Gasteiger charge is 2.26. The molecule has 5 heteroatoms. The van der Waals surface area contributed by atoms with Crippen LogP contribution in [0.3, 0.4) is 0 Å². The molecular formula is C19H21N3O2. The van der Waals surface area contributed by atoms with Gasteiger partial charge in [0.15, 0.2) is 0 Å². The fraction of sp³-hybridized carbons (Fsp3) is 0.263. The Bertz CT molecular complexity index is 755. The van der Waals surface area contributed by atoms with Gasteiger partial charge in [0.2, 0.25) is 0 Å². The van der Waals surface area contributed by atoms with Crippen molar-refractivity contribution in [1.29, 1.82) is 0 Å². The first-order chi connectivity index (χ1) is 11.5. The molecule has 3 N–H and O–H groups in total. The SMILES string of the molecule is C[C@H]1Cc2ccccc2N(C(=O)c2ccc(CNC(N)=O)cc2)C1. The van der Waals surface area contributed by atoms with Gasteiger partial charge in [-0.15, -0.1) is 0 Å². The van der Waals surface area contributed by atoms with Gasteiger partial charge in [-0.25, -0.2) is 4.79 Å². The molecule has 1 aliphatic rings. The number of hydrogen-bond acceptors (Lipinski definition) is 2. The Balaban J connectivity index is 1.80. The average Bonchev–Trinajstić information content (AvgIpc) is 2.59. The molecule has 2 aromatic carbocycles. The van der Waals surface area contributed by atoms with Crippen molar-refractivity contribution in [2.45, 2.75) is 19.9 Å². The summed E-state index contributed by atoms with van der Waals surface area (Å²) in [5.74, 6) is 0.436. The van der Waals surface area contributed by atoms with Crippen molar-refractivity contribution < 1.29 is 9.59 Å². The van der Waals surface area contributed by atoms with E-state index in [4.69, 9.17) is 5.73 Å². The van der Waals surface area contributed by atoms with Crippen molar-refractivity contribution in [2.24, 2.45) is 11.7 Å². The van der Waals surface area contributed by atoms with E-state index in [1.54, 1.807) is 12.1 Å². The lowest BCUT2D eigenvalue weighted by molar-refractivity contribution is 0.0981. The zero-order valence-corrected chi connectivity index (χ0v) is 13.7. The topological polar surface area (TPSA) is 75.4 Å². The van der Waals surface area contributed by atoms with Crippen LogP contribution in [-0.4, -0.2) is 18.5 Å². The van der Waals surface area contributed by atoms with Gasteiger partial charge in [0.25, 0.3) is 5.91 Å². The van der Waals surface area contributed by atoms with E-state index in [1.165, 1.54) is 5.56 Å². The predicted octanol–water partition coefficient (Wildman–Crippen LogP) is 2.69. The van der Waals surface area contributed by atoms with Gasteiger partial charge >= 0.3 is 6.03 Å². The number of urea groups is 1. The van der Waals surface area contributed by atoms with Crippen molar-refractivity contribution in [3.8, 4) is 0 Å². The summed E-state index contributed by atoms with van der Waals surface area (Å²) in [6.07, 6.45) is 0.998. The lowest BCUT2D eigenvalue weighted by atomic mass is 9.93. The first kappa shape index (κ1) is 16.1. The Hall–Kier alpha value is -2.82. The molecule has 0 unspecified atom stereocenters. The minimum absolute atomic E-state index is 0.00316. The fourth-order valence-electron chi connectivity index (χ4n) is 3.10. The molecule has 1 heterocycles. The molecule has 0 bridgehead atoms. The number of carbonyl (C=O) groups is 2. The number of benzene rings is 2. The smallest absolute Gasteiger partial charge is 0.312 e. The minimum atomic E-state index is -0.561. The largest absolute Gasteiger partial charge is 0.352 e. The number of hydrogen-bond donors (Lipinski definition) is 2. The van der Waals surface area contributed by atoms with E-state index in [2.05, 4.69) is 18.3 Å². The van der Waals surface area contributed by atoms with E-state index in [0.29, 0.717) is 18.0 Å². The number of fused-ring (bicyclic) bond motifs is 1. The van der Waals surface area contributed by atoms with Crippen molar-refractivity contribution >= 4 is 17.6 Å².